The van der Waals surface area contributed by atoms with Crippen molar-refractivity contribution < 1.29 is 56.9 Å². The summed E-state index contributed by atoms with van der Waals surface area (Å²) in [5.74, 6) is 0. The van der Waals surface area contributed by atoms with Gasteiger partial charge in [0.15, 0.2) is 0 Å². The third-order valence-electron chi connectivity index (χ3n) is 0.354. The minimum atomic E-state index is 0. The Morgan fingerprint density at radius 1 is 1.50 bits per heavy atom. The number of rotatable bonds is 1. The SMILES string of the molecule is [CH2]CCC.[K+].[OH-]. The Labute approximate surface area is 82.2 Å². The molecule has 1 radical (unpaired) electrons. The van der Waals surface area contributed by atoms with Crippen molar-refractivity contribution in [3.05, 3.63) is 6.92 Å². The Morgan fingerprint density at radius 3 is 1.67 bits per heavy atom. The summed E-state index contributed by atoms with van der Waals surface area (Å²) in [5, 5.41) is 0. The van der Waals surface area contributed by atoms with E-state index >= 15 is 0 Å². The normalized spacial score (nSPS) is 5.00. The Kier molecular flexibility index (Phi) is 41.7. The van der Waals surface area contributed by atoms with Gasteiger partial charge >= 0.3 is 51.4 Å². The molecule has 0 aromatic rings. The number of hydrogen-bond acceptors (Lipinski definition) is 1. The first-order chi connectivity index (χ1) is 1.91. The van der Waals surface area contributed by atoms with Crippen molar-refractivity contribution in [2.24, 2.45) is 0 Å². The van der Waals surface area contributed by atoms with Crippen molar-refractivity contribution in [2.45, 2.75) is 19.8 Å². The monoisotopic (exact) mass is 113 g/mol. The molecule has 33 valence electrons. The zero-order chi connectivity index (χ0) is 3.41. The van der Waals surface area contributed by atoms with Crippen LogP contribution >= 0.6 is 0 Å². The van der Waals surface area contributed by atoms with Gasteiger partial charge in [0.25, 0.3) is 0 Å². The number of unbranched alkanes of at least 4 members (excludes halogenated alkanes) is 1. The summed E-state index contributed by atoms with van der Waals surface area (Å²) in [7, 11) is 0. The molecular weight excluding hydrogens is 103 g/mol. The predicted molar refractivity (Wildman–Crippen MR) is 22.2 cm³/mol. The molecule has 2 heteroatoms. The maximum atomic E-state index is 3.60. The van der Waals surface area contributed by atoms with E-state index in [1.54, 1.807) is 0 Å². The molecule has 0 saturated carbocycles. The fourth-order valence-electron chi connectivity index (χ4n) is 0. The van der Waals surface area contributed by atoms with Gasteiger partial charge in [-0.2, -0.15) is 0 Å². The number of hydrogen-bond donors (Lipinski definition) is 0. The molecule has 0 aliphatic carbocycles. The molecule has 0 aromatic carbocycles. The van der Waals surface area contributed by atoms with Crippen molar-refractivity contribution in [1.82, 2.24) is 0 Å². The third kappa shape index (κ3) is 17.5. The maximum Gasteiger partial charge on any atom is 1.00 e. The van der Waals surface area contributed by atoms with Gasteiger partial charge in [-0.15, -0.1) is 0 Å². The van der Waals surface area contributed by atoms with Gasteiger partial charge in [0.2, 0.25) is 0 Å². The van der Waals surface area contributed by atoms with Crippen LogP contribution in [0, 0.1) is 6.92 Å². The van der Waals surface area contributed by atoms with E-state index in [4.69, 9.17) is 0 Å². The van der Waals surface area contributed by atoms with Gasteiger partial charge in [-0.05, 0) is 0 Å². The van der Waals surface area contributed by atoms with Crippen LogP contribution in [0.1, 0.15) is 19.8 Å². The van der Waals surface area contributed by atoms with Gasteiger partial charge < -0.3 is 5.48 Å². The molecule has 0 heterocycles. The van der Waals surface area contributed by atoms with E-state index in [0.29, 0.717) is 0 Å². The molecule has 0 saturated heterocycles. The average molecular weight is 113 g/mol. The van der Waals surface area contributed by atoms with Crippen LogP contribution in [0.25, 0.3) is 0 Å². The average Bonchev–Trinajstić information content (AvgIpc) is 1.37. The summed E-state index contributed by atoms with van der Waals surface area (Å²) in [4.78, 5) is 0. The van der Waals surface area contributed by atoms with E-state index in [-0.39, 0.29) is 56.9 Å². The smallest absolute Gasteiger partial charge is 0.870 e. The van der Waals surface area contributed by atoms with Crippen molar-refractivity contribution in [3.63, 3.8) is 0 Å². The first-order valence-corrected chi connectivity index (χ1v) is 1.71. The van der Waals surface area contributed by atoms with Crippen LogP contribution in [-0.2, 0) is 0 Å². The minimum Gasteiger partial charge on any atom is -0.870 e. The summed E-state index contributed by atoms with van der Waals surface area (Å²) < 4.78 is 0. The molecule has 0 aliphatic heterocycles. The molecule has 0 amide bonds. The summed E-state index contributed by atoms with van der Waals surface area (Å²) in [6, 6.07) is 0. The zero-order valence-corrected chi connectivity index (χ0v) is 7.69. The van der Waals surface area contributed by atoms with E-state index in [2.05, 4.69) is 13.8 Å². The predicted octanol–water partition coefficient (Wildman–Crippen LogP) is -1.55. The van der Waals surface area contributed by atoms with Crippen molar-refractivity contribution in [2.75, 3.05) is 0 Å². The van der Waals surface area contributed by atoms with Crippen LogP contribution in [0.2, 0.25) is 0 Å². The Balaban J connectivity index is -0.0000000450. The van der Waals surface area contributed by atoms with Gasteiger partial charge in [0.05, 0.1) is 0 Å². The molecule has 6 heavy (non-hydrogen) atoms. The van der Waals surface area contributed by atoms with Crippen molar-refractivity contribution in [1.29, 1.82) is 0 Å². The van der Waals surface area contributed by atoms with Crippen LogP contribution < -0.4 is 51.4 Å². The summed E-state index contributed by atoms with van der Waals surface area (Å²) >= 11 is 0. The molecule has 0 aliphatic rings. The first-order valence-electron chi connectivity index (χ1n) is 1.71. The molecule has 0 spiro atoms. The third-order valence-corrected chi connectivity index (χ3v) is 0.354. The van der Waals surface area contributed by atoms with Crippen molar-refractivity contribution >= 4 is 0 Å². The fraction of sp³-hybridized carbons (Fsp3) is 0.750. The molecule has 0 unspecified atom stereocenters. The van der Waals surface area contributed by atoms with Crippen LogP contribution in [0.3, 0.4) is 0 Å². The van der Waals surface area contributed by atoms with E-state index in [1.807, 2.05) is 0 Å². The van der Waals surface area contributed by atoms with Crippen LogP contribution in [0.15, 0.2) is 0 Å². The largest absolute Gasteiger partial charge is 1.00 e. The van der Waals surface area contributed by atoms with Crippen LogP contribution in [-0.4, -0.2) is 5.48 Å². The minimum absolute atomic E-state index is 0. The molecule has 0 bridgehead atoms. The molecular formula is C4H10KO. The second-order valence-electron chi connectivity index (χ2n) is 0.854. The van der Waals surface area contributed by atoms with Crippen LogP contribution in [0.5, 0.6) is 0 Å². The van der Waals surface area contributed by atoms with Gasteiger partial charge in [-0.25, -0.2) is 0 Å². The molecule has 0 rings (SSSR count). The standard InChI is InChI=1S/C4H9.K.H2O/c1-3-4-2;;/h1,3-4H2,2H3;;1H2/q;+1;/p-1. The molecule has 0 fully saturated rings. The van der Waals surface area contributed by atoms with E-state index in [0.717, 1.165) is 6.42 Å². The first kappa shape index (κ1) is 15.6. The summed E-state index contributed by atoms with van der Waals surface area (Å²) in [5.41, 5.74) is 0. The van der Waals surface area contributed by atoms with Crippen molar-refractivity contribution in [3.8, 4) is 0 Å². The van der Waals surface area contributed by atoms with E-state index in [1.165, 1.54) is 6.42 Å². The van der Waals surface area contributed by atoms with E-state index in [9.17, 15) is 0 Å². The summed E-state index contributed by atoms with van der Waals surface area (Å²) in [6.07, 6.45) is 2.28. The molecule has 1 N–H and O–H groups in total. The summed E-state index contributed by atoms with van der Waals surface area (Å²) in [6.45, 7) is 5.72. The quantitative estimate of drug-likeness (QED) is 0.379. The van der Waals surface area contributed by atoms with Gasteiger partial charge in [-0.3, -0.25) is 0 Å². The molecule has 1 nitrogen and oxygen atoms in total. The second kappa shape index (κ2) is 16.0. The fourth-order valence-corrected chi connectivity index (χ4v) is 0. The molecule has 0 aromatic heterocycles. The maximum absolute atomic E-state index is 3.60. The van der Waals surface area contributed by atoms with E-state index < -0.39 is 0 Å². The van der Waals surface area contributed by atoms with Gasteiger partial charge in [-0.1, -0.05) is 26.7 Å². The van der Waals surface area contributed by atoms with Gasteiger partial charge in [0, 0.05) is 0 Å². The zero-order valence-electron chi connectivity index (χ0n) is 4.57. The Morgan fingerprint density at radius 2 is 1.67 bits per heavy atom. The Hall–Kier alpha value is 1.60. The van der Waals surface area contributed by atoms with Gasteiger partial charge in [0.1, 0.15) is 0 Å². The van der Waals surface area contributed by atoms with Crippen LogP contribution in [0.4, 0.5) is 0 Å². The molecule has 0 atom stereocenters. The topological polar surface area (TPSA) is 30.0 Å². The second-order valence-corrected chi connectivity index (χ2v) is 0.854. The Bertz CT molecular complexity index is 9.51.